The summed E-state index contributed by atoms with van der Waals surface area (Å²) in [5.41, 5.74) is 4.01. The number of piperazine rings is 1. The molecule has 0 aliphatic carbocycles. The summed E-state index contributed by atoms with van der Waals surface area (Å²) in [5.74, 6) is -0.793. The van der Waals surface area contributed by atoms with Gasteiger partial charge in [0.1, 0.15) is 5.82 Å². The first-order chi connectivity index (χ1) is 21.0. The number of nitrogens with one attached hydrogen (secondary N) is 1. The van der Waals surface area contributed by atoms with Crippen molar-refractivity contribution in [2.75, 3.05) is 56.0 Å². The van der Waals surface area contributed by atoms with Crippen molar-refractivity contribution >= 4 is 23.2 Å². The molecule has 1 aromatic heterocycles. The number of hydrogen-bond donors (Lipinski definition) is 1. The standard InChI is InChI=1S/C35H38FN5O2/c1-3-40(4-2)35(43)31(26-11-6-5-7-12-26)25-39-19-21-41(22-20-39)33-17-16-28(23-32(33)36)38-34(42)30-15-9-8-14-29(30)27-13-10-18-37-24-27/h5-18,23-24,31H,3-4,19-22,25H2,1-2H3,(H,38,42). The van der Waals surface area contributed by atoms with Gasteiger partial charge in [-0.2, -0.15) is 0 Å². The van der Waals surface area contributed by atoms with Gasteiger partial charge in [0.05, 0.1) is 11.6 Å². The molecule has 1 aliphatic rings. The molecule has 3 aromatic carbocycles. The minimum atomic E-state index is -0.384. The molecule has 2 amide bonds. The van der Waals surface area contributed by atoms with Gasteiger partial charge in [-0.3, -0.25) is 19.5 Å². The van der Waals surface area contributed by atoms with Crippen LogP contribution in [-0.2, 0) is 4.79 Å². The van der Waals surface area contributed by atoms with Gasteiger partial charge in [0.15, 0.2) is 0 Å². The quantitative estimate of drug-likeness (QED) is 0.253. The molecule has 1 aliphatic heterocycles. The van der Waals surface area contributed by atoms with Crippen molar-refractivity contribution in [2.45, 2.75) is 19.8 Å². The Labute approximate surface area is 253 Å². The van der Waals surface area contributed by atoms with Crippen molar-refractivity contribution in [1.29, 1.82) is 0 Å². The Morgan fingerprint density at radius 2 is 1.63 bits per heavy atom. The van der Waals surface area contributed by atoms with E-state index < -0.39 is 0 Å². The lowest BCUT2D eigenvalue weighted by molar-refractivity contribution is -0.133. The van der Waals surface area contributed by atoms with Gasteiger partial charge in [-0.25, -0.2) is 4.39 Å². The minimum absolute atomic E-state index is 0.144. The lowest BCUT2D eigenvalue weighted by atomic mass is 9.96. The molecule has 1 atom stereocenters. The summed E-state index contributed by atoms with van der Waals surface area (Å²) in [6.07, 6.45) is 3.40. The molecule has 0 saturated carbocycles. The van der Waals surface area contributed by atoms with Crippen LogP contribution in [0.2, 0.25) is 0 Å². The van der Waals surface area contributed by atoms with E-state index in [-0.39, 0.29) is 23.5 Å². The number of benzene rings is 3. The van der Waals surface area contributed by atoms with Gasteiger partial charge in [-0.05, 0) is 55.3 Å². The second kappa shape index (κ2) is 14.1. The van der Waals surface area contributed by atoms with Crippen LogP contribution in [-0.4, -0.2) is 72.4 Å². The monoisotopic (exact) mass is 579 g/mol. The first-order valence-corrected chi connectivity index (χ1v) is 14.9. The number of aromatic nitrogens is 1. The van der Waals surface area contributed by atoms with Gasteiger partial charge in [0.25, 0.3) is 5.91 Å². The van der Waals surface area contributed by atoms with Gasteiger partial charge >= 0.3 is 0 Å². The van der Waals surface area contributed by atoms with E-state index in [0.29, 0.717) is 49.7 Å². The number of hydrogen-bond acceptors (Lipinski definition) is 5. The van der Waals surface area contributed by atoms with Crippen LogP contribution in [0.1, 0.15) is 35.7 Å². The summed E-state index contributed by atoms with van der Waals surface area (Å²) in [4.78, 5) is 36.9. The molecule has 2 heterocycles. The summed E-state index contributed by atoms with van der Waals surface area (Å²) >= 11 is 0. The lowest BCUT2D eigenvalue weighted by Crippen LogP contribution is -2.49. The maximum atomic E-state index is 15.4. The average molecular weight is 580 g/mol. The molecule has 1 unspecified atom stereocenters. The number of likely N-dealkylation sites (N-methyl/N-ethyl adjacent to an activating group) is 1. The van der Waals surface area contributed by atoms with Crippen molar-refractivity contribution in [3.63, 3.8) is 0 Å². The summed E-state index contributed by atoms with van der Waals surface area (Å²) in [7, 11) is 0. The SMILES string of the molecule is CCN(CC)C(=O)C(CN1CCN(c2ccc(NC(=O)c3ccccc3-c3cccnc3)cc2F)CC1)c1ccccc1. The Balaban J connectivity index is 1.23. The van der Waals surface area contributed by atoms with Crippen LogP contribution in [0.5, 0.6) is 0 Å². The van der Waals surface area contributed by atoms with Crippen LogP contribution in [0, 0.1) is 5.82 Å². The van der Waals surface area contributed by atoms with Gasteiger partial charge in [-0.15, -0.1) is 0 Å². The van der Waals surface area contributed by atoms with Gasteiger partial charge in [0.2, 0.25) is 5.91 Å². The Bertz CT molecular complexity index is 1520. The van der Waals surface area contributed by atoms with Crippen molar-refractivity contribution in [1.82, 2.24) is 14.8 Å². The van der Waals surface area contributed by atoms with E-state index in [4.69, 9.17) is 0 Å². The molecule has 1 N–H and O–H groups in total. The highest BCUT2D eigenvalue weighted by molar-refractivity contribution is 6.08. The second-order valence-electron chi connectivity index (χ2n) is 10.7. The zero-order valence-corrected chi connectivity index (χ0v) is 24.7. The summed E-state index contributed by atoms with van der Waals surface area (Å²) in [6.45, 7) is 8.73. The minimum Gasteiger partial charge on any atom is -0.367 e. The van der Waals surface area contributed by atoms with E-state index in [9.17, 15) is 9.59 Å². The first kappa shape index (κ1) is 29.9. The van der Waals surface area contributed by atoms with Crippen LogP contribution >= 0.6 is 0 Å². The molecule has 222 valence electrons. The molecule has 0 radical (unpaired) electrons. The van der Waals surface area contributed by atoms with E-state index in [1.165, 1.54) is 6.07 Å². The lowest BCUT2D eigenvalue weighted by Gasteiger charge is -2.38. The first-order valence-electron chi connectivity index (χ1n) is 14.9. The topological polar surface area (TPSA) is 68.8 Å². The number of pyridine rings is 1. The molecule has 0 spiro atoms. The zero-order valence-electron chi connectivity index (χ0n) is 24.7. The maximum absolute atomic E-state index is 15.4. The molecule has 0 bridgehead atoms. The molecule has 7 nitrogen and oxygen atoms in total. The highest BCUT2D eigenvalue weighted by Gasteiger charge is 2.29. The van der Waals surface area contributed by atoms with Crippen molar-refractivity contribution < 1.29 is 14.0 Å². The van der Waals surface area contributed by atoms with E-state index in [0.717, 1.165) is 29.8 Å². The van der Waals surface area contributed by atoms with E-state index in [1.807, 2.05) is 78.2 Å². The van der Waals surface area contributed by atoms with Crippen molar-refractivity contribution in [2.24, 2.45) is 0 Å². The maximum Gasteiger partial charge on any atom is 0.256 e. The summed E-state index contributed by atoms with van der Waals surface area (Å²) < 4.78 is 15.4. The van der Waals surface area contributed by atoms with Crippen molar-refractivity contribution in [3.05, 3.63) is 114 Å². The van der Waals surface area contributed by atoms with Crippen LogP contribution in [0.3, 0.4) is 0 Å². The molecule has 1 saturated heterocycles. The number of carbonyl (C=O) groups excluding carboxylic acids is 2. The highest BCUT2D eigenvalue weighted by Crippen LogP contribution is 2.28. The zero-order chi connectivity index (χ0) is 30.2. The Hall–Kier alpha value is -4.56. The molecule has 43 heavy (non-hydrogen) atoms. The highest BCUT2D eigenvalue weighted by atomic mass is 19.1. The van der Waals surface area contributed by atoms with Gasteiger partial charge in [-0.1, -0.05) is 54.6 Å². The number of rotatable bonds is 10. The number of halogens is 1. The van der Waals surface area contributed by atoms with Crippen LogP contribution in [0.25, 0.3) is 11.1 Å². The second-order valence-corrected chi connectivity index (χ2v) is 10.7. The third-order valence-electron chi connectivity index (χ3n) is 8.08. The fourth-order valence-electron chi connectivity index (χ4n) is 5.69. The average Bonchev–Trinajstić information content (AvgIpc) is 3.05. The summed E-state index contributed by atoms with van der Waals surface area (Å²) in [6, 6.07) is 25.8. The predicted molar refractivity (Wildman–Crippen MR) is 170 cm³/mol. The summed E-state index contributed by atoms with van der Waals surface area (Å²) in [5, 5.41) is 2.85. The normalized spacial score (nSPS) is 14.3. The molecular formula is C35H38FN5O2. The Kier molecular flexibility index (Phi) is 9.79. The number of nitrogens with zero attached hydrogens (tertiary/aromatic N) is 4. The fraction of sp³-hybridized carbons (Fsp3) is 0.286. The van der Waals surface area contributed by atoms with Gasteiger partial charge in [0, 0.05) is 75.0 Å². The third kappa shape index (κ3) is 7.09. The molecular weight excluding hydrogens is 541 g/mol. The molecule has 5 rings (SSSR count). The third-order valence-corrected chi connectivity index (χ3v) is 8.08. The Morgan fingerprint density at radius 1 is 0.907 bits per heavy atom. The van der Waals surface area contributed by atoms with Crippen molar-refractivity contribution in [3.8, 4) is 11.1 Å². The Morgan fingerprint density at radius 3 is 2.30 bits per heavy atom. The van der Waals surface area contributed by atoms with Crippen LogP contribution < -0.4 is 10.2 Å². The molecule has 1 fully saturated rings. The van der Waals surface area contributed by atoms with E-state index in [1.54, 1.807) is 36.7 Å². The van der Waals surface area contributed by atoms with E-state index in [2.05, 4.69) is 15.2 Å². The fourth-order valence-corrected chi connectivity index (χ4v) is 5.69. The smallest absolute Gasteiger partial charge is 0.256 e. The van der Waals surface area contributed by atoms with Gasteiger partial charge < -0.3 is 15.1 Å². The number of carbonyl (C=O) groups is 2. The predicted octanol–water partition coefficient (Wildman–Crippen LogP) is 5.91. The van der Waals surface area contributed by atoms with Crippen LogP contribution in [0.4, 0.5) is 15.8 Å². The number of anilines is 2. The number of amides is 2. The molecule has 8 heteroatoms. The van der Waals surface area contributed by atoms with Crippen LogP contribution in [0.15, 0.2) is 97.3 Å². The largest absolute Gasteiger partial charge is 0.367 e. The molecule has 4 aromatic rings. The van der Waals surface area contributed by atoms with E-state index >= 15 is 4.39 Å².